The molecule has 0 radical (unpaired) electrons. The second-order valence-electron chi connectivity index (χ2n) is 3.14. The maximum absolute atomic E-state index is 13.3. The Morgan fingerprint density at radius 3 is 2.36 bits per heavy atom. The molecule has 14 heavy (non-hydrogen) atoms. The Balaban J connectivity index is 3.33. The van der Waals surface area contributed by atoms with Crippen molar-refractivity contribution in [2.45, 2.75) is 6.92 Å². The van der Waals surface area contributed by atoms with Crippen molar-refractivity contribution in [1.82, 2.24) is 0 Å². The van der Waals surface area contributed by atoms with Crippen LogP contribution >= 0.6 is 0 Å². The number of benzene rings is 1. The van der Waals surface area contributed by atoms with Crippen LogP contribution in [0.2, 0.25) is 0 Å². The first-order valence-corrected chi connectivity index (χ1v) is 5.88. The summed E-state index contributed by atoms with van der Waals surface area (Å²) in [5.74, 6) is -0.530. The molecular formula is C9H12FNO2S. The first kappa shape index (κ1) is 11.0. The maximum atomic E-state index is 13.3. The molecule has 0 saturated heterocycles. The van der Waals surface area contributed by atoms with Crippen molar-refractivity contribution in [3.05, 3.63) is 29.6 Å². The van der Waals surface area contributed by atoms with Crippen LogP contribution in [0.15, 0.2) is 18.2 Å². The minimum absolute atomic E-state index is 0.106. The van der Waals surface area contributed by atoms with Crippen molar-refractivity contribution in [1.29, 1.82) is 0 Å². The van der Waals surface area contributed by atoms with Crippen LogP contribution in [0.5, 0.6) is 0 Å². The number of hydrogen-bond acceptors (Lipinski definition) is 2. The standard InChI is InChI=1S/C9H12FNO2S/c1-7-5-4-6-8(10)9(7)11(2)14(3,12)13/h4-6H,1-3H3. The largest absolute Gasteiger partial charge is 0.270 e. The molecule has 0 heterocycles. The first-order chi connectivity index (χ1) is 6.34. The van der Waals surface area contributed by atoms with Gasteiger partial charge in [0.1, 0.15) is 5.82 Å². The van der Waals surface area contributed by atoms with Crippen LogP contribution in [-0.2, 0) is 10.0 Å². The number of aryl methyl sites for hydroxylation is 1. The molecule has 0 bridgehead atoms. The normalized spacial score (nSPS) is 11.4. The van der Waals surface area contributed by atoms with Crippen molar-refractivity contribution in [2.75, 3.05) is 17.6 Å². The van der Waals surface area contributed by atoms with Crippen LogP contribution in [0.4, 0.5) is 10.1 Å². The number of rotatable bonds is 2. The van der Waals surface area contributed by atoms with Crippen LogP contribution in [0.3, 0.4) is 0 Å². The summed E-state index contributed by atoms with van der Waals surface area (Å²) < 4.78 is 36.7. The molecule has 1 rings (SSSR count). The highest BCUT2D eigenvalue weighted by Gasteiger charge is 2.17. The minimum Gasteiger partial charge on any atom is -0.270 e. The fraction of sp³-hybridized carbons (Fsp3) is 0.333. The molecule has 1 aromatic rings. The highest BCUT2D eigenvalue weighted by atomic mass is 32.2. The summed E-state index contributed by atoms with van der Waals surface area (Å²) in [6.45, 7) is 1.67. The Morgan fingerprint density at radius 2 is 1.93 bits per heavy atom. The number of para-hydroxylation sites is 1. The molecule has 1 aromatic carbocycles. The summed E-state index contributed by atoms with van der Waals surface area (Å²) in [5.41, 5.74) is 0.702. The average Bonchev–Trinajstić information content (AvgIpc) is 2.01. The summed E-state index contributed by atoms with van der Waals surface area (Å²) in [6.07, 6.45) is 1.04. The van der Waals surface area contributed by atoms with E-state index in [9.17, 15) is 12.8 Å². The number of sulfonamides is 1. The monoisotopic (exact) mass is 217 g/mol. The molecule has 0 aliphatic heterocycles. The van der Waals surface area contributed by atoms with Gasteiger partial charge in [-0.3, -0.25) is 4.31 Å². The van der Waals surface area contributed by atoms with Gasteiger partial charge in [-0.25, -0.2) is 12.8 Å². The fourth-order valence-corrected chi connectivity index (χ4v) is 1.75. The summed E-state index contributed by atoms with van der Waals surface area (Å²) in [4.78, 5) is 0. The maximum Gasteiger partial charge on any atom is 0.232 e. The zero-order valence-corrected chi connectivity index (χ0v) is 9.10. The van der Waals surface area contributed by atoms with Crippen molar-refractivity contribution in [2.24, 2.45) is 0 Å². The van der Waals surface area contributed by atoms with Gasteiger partial charge in [-0.15, -0.1) is 0 Å². The van der Waals surface area contributed by atoms with Gasteiger partial charge in [0.2, 0.25) is 10.0 Å². The first-order valence-electron chi connectivity index (χ1n) is 4.03. The van der Waals surface area contributed by atoms with Crippen molar-refractivity contribution >= 4 is 15.7 Å². The number of anilines is 1. The van der Waals surface area contributed by atoms with E-state index in [-0.39, 0.29) is 5.69 Å². The SMILES string of the molecule is Cc1cccc(F)c1N(C)S(C)(=O)=O. The average molecular weight is 217 g/mol. The molecule has 0 aliphatic carbocycles. The van der Waals surface area contributed by atoms with Gasteiger partial charge in [-0.1, -0.05) is 12.1 Å². The van der Waals surface area contributed by atoms with E-state index < -0.39 is 15.8 Å². The number of hydrogen-bond donors (Lipinski definition) is 0. The lowest BCUT2D eigenvalue weighted by atomic mass is 10.2. The zero-order valence-electron chi connectivity index (χ0n) is 8.28. The van der Waals surface area contributed by atoms with Gasteiger partial charge in [0.25, 0.3) is 0 Å². The molecule has 3 nitrogen and oxygen atoms in total. The molecule has 0 fully saturated rings. The fourth-order valence-electron chi connectivity index (χ4n) is 1.19. The smallest absolute Gasteiger partial charge is 0.232 e. The zero-order chi connectivity index (χ0) is 10.9. The van der Waals surface area contributed by atoms with Crippen molar-refractivity contribution < 1.29 is 12.8 Å². The van der Waals surface area contributed by atoms with Crippen LogP contribution in [0, 0.1) is 12.7 Å². The van der Waals surface area contributed by atoms with Gasteiger partial charge in [0, 0.05) is 7.05 Å². The van der Waals surface area contributed by atoms with E-state index in [1.165, 1.54) is 13.1 Å². The van der Waals surface area contributed by atoms with E-state index in [0.717, 1.165) is 10.6 Å². The number of nitrogens with zero attached hydrogens (tertiary/aromatic N) is 1. The molecule has 0 atom stereocenters. The van der Waals surface area contributed by atoms with Gasteiger partial charge in [0.05, 0.1) is 11.9 Å². The van der Waals surface area contributed by atoms with Gasteiger partial charge < -0.3 is 0 Å². The molecule has 0 unspecified atom stereocenters. The predicted octanol–water partition coefficient (Wildman–Crippen LogP) is 1.53. The third kappa shape index (κ3) is 2.04. The molecule has 0 aliphatic rings. The summed E-state index contributed by atoms with van der Waals surface area (Å²) in [5, 5.41) is 0. The van der Waals surface area contributed by atoms with E-state index >= 15 is 0 Å². The quantitative estimate of drug-likeness (QED) is 0.753. The van der Waals surface area contributed by atoms with Crippen molar-refractivity contribution in [3.63, 3.8) is 0 Å². The minimum atomic E-state index is -3.41. The Bertz CT molecular complexity index is 422. The number of halogens is 1. The Morgan fingerprint density at radius 1 is 1.36 bits per heavy atom. The molecule has 5 heteroatoms. The van der Waals surface area contributed by atoms with Crippen LogP contribution in [0.25, 0.3) is 0 Å². The van der Waals surface area contributed by atoms with Gasteiger partial charge in [-0.2, -0.15) is 0 Å². The molecule has 78 valence electrons. The molecule has 0 N–H and O–H groups in total. The van der Waals surface area contributed by atoms with E-state index in [1.54, 1.807) is 19.1 Å². The summed E-state index contributed by atoms with van der Waals surface area (Å²) in [7, 11) is -2.07. The Kier molecular flexibility index (Phi) is 2.80. The molecular weight excluding hydrogens is 205 g/mol. The molecule has 0 amide bonds. The van der Waals surface area contributed by atoms with Gasteiger partial charge in [-0.05, 0) is 18.6 Å². The van der Waals surface area contributed by atoms with Crippen LogP contribution < -0.4 is 4.31 Å². The summed E-state index contributed by atoms with van der Waals surface area (Å²) >= 11 is 0. The third-order valence-corrected chi connectivity index (χ3v) is 3.18. The van der Waals surface area contributed by atoms with Gasteiger partial charge >= 0.3 is 0 Å². The lowest BCUT2D eigenvalue weighted by Gasteiger charge is -2.19. The van der Waals surface area contributed by atoms with Crippen LogP contribution in [0.1, 0.15) is 5.56 Å². The Labute approximate surface area is 83.2 Å². The lowest BCUT2D eigenvalue weighted by Crippen LogP contribution is -2.26. The molecule has 0 saturated carbocycles. The lowest BCUT2D eigenvalue weighted by molar-refractivity contribution is 0.594. The van der Waals surface area contributed by atoms with Gasteiger partial charge in [0.15, 0.2) is 0 Å². The van der Waals surface area contributed by atoms with E-state index in [0.29, 0.717) is 5.56 Å². The van der Waals surface area contributed by atoms with Crippen molar-refractivity contribution in [3.8, 4) is 0 Å². The molecule has 0 aromatic heterocycles. The predicted molar refractivity (Wildman–Crippen MR) is 54.4 cm³/mol. The van der Waals surface area contributed by atoms with E-state index in [2.05, 4.69) is 0 Å². The second-order valence-corrected chi connectivity index (χ2v) is 5.15. The summed E-state index contributed by atoms with van der Waals surface area (Å²) in [6, 6.07) is 4.45. The highest BCUT2D eigenvalue weighted by molar-refractivity contribution is 7.92. The molecule has 0 spiro atoms. The second kappa shape index (κ2) is 3.57. The third-order valence-electron chi connectivity index (χ3n) is 2.00. The van der Waals surface area contributed by atoms with E-state index in [4.69, 9.17) is 0 Å². The Hall–Kier alpha value is -1.10. The van der Waals surface area contributed by atoms with E-state index in [1.807, 2.05) is 0 Å². The highest BCUT2D eigenvalue weighted by Crippen LogP contribution is 2.24. The van der Waals surface area contributed by atoms with Crippen LogP contribution in [-0.4, -0.2) is 21.7 Å². The topological polar surface area (TPSA) is 37.4 Å².